The average Bonchev–Trinajstić information content (AvgIpc) is 2.55. The lowest BCUT2D eigenvalue weighted by atomic mass is 10.3. The molecule has 0 spiro atoms. The van der Waals surface area contributed by atoms with Crippen molar-refractivity contribution < 1.29 is 4.42 Å². The SMILES string of the molecule is CC.c1ccc2occc2c1. The molecular formula is C10H12O. The highest BCUT2D eigenvalue weighted by Crippen LogP contribution is 2.12. The fourth-order valence-corrected chi connectivity index (χ4v) is 0.906. The molecule has 1 nitrogen and oxygen atoms in total. The summed E-state index contributed by atoms with van der Waals surface area (Å²) in [5, 5.41) is 1.16. The van der Waals surface area contributed by atoms with Crippen LogP contribution in [0.15, 0.2) is 41.0 Å². The maximum absolute atomic E-state index is 5.12. The summed E-state index contributed by atoms with van der Waals surface area (Å²) in [5.74, 6) is 0. The summed E-state index contributed by atoms with van der Waals surface area (Å²) in [7, 11) is 0. The van der Waals surface area contributed by atoms with Crippen LogP contribution in [0.3, 0.4) is 0 Å². The van der Waals surface area contributed by atoms with E-state index in [-0.39, 0.29) is 0 Å². The van der Waals surface area contributed by atoms with Crippen LogP contribution in [-0.4, -0.2) is 0 Å². The van der Waals surface area contributed by atoms with E-state index in [2.05, 4.69) is 0 Å². The standard InChI is InChI=1S/C8H6O.C2H6/c1-2-4-8-7(3-1)5-6-9-8;1-2/h1-6H;1-2H3. The van der Waals surface area contributed by atoms with E-state index in [4.69, 9.17) is 4.42 Å². The highest BCUT2D eigenvalue weighted by molar-refractivity contribution is 5.76. The fraction of sp³-hybridized carbons (Fsp3) is 0.200. The van der Waals surface area contributed by atoms with Crippen LogP contribution in [0.5, 0.6) is 0 Å². The van der Waals surface area contributed by atoms with E-state index in [0.717, 1.165) is 11.0 Å². The molecule has 0 aliphatic heterocycles. The van der Waals surface area contributed by atoms with Crippen molar-refractivity contribution in [2.24, 2.45) is 0 Å². The third-order valence-corrected chi connectivity index (χ3v) is 1.36. The summed E-state index contributed by atoms with van der Waals surface area (Å²) in [6.07, 6.45) is 1.70. The van der Waals surface area contributed by atoms with Gasteiger partial charge in [-0.2, -0.15) is 0 Å². The molecule has 2 rings (SSSR count). The third-order valence-electron chi connectivity index (χ3n) is 1.36. The zero-order valence-corrected chi connectivity index (χ0v) is 6.87. The Labute approximate surface area is 66.6 Å². The van der Waals surface area contributed by atoms with Crippen molar-refractivity contribution in [1.82, 2.24) is 0 Å². The molecule has 0 saturated heterocycles. The second-order valence-electron chi connectivity index (χ2n) is 1.96. The van der Waals surface area contributed by atoms with Crippen LogP contribution in [0.2, 0.25) is 0 Å². The van der Waals surface area contributed by atoms with E-state index in [9.17, 15) is 0 Å². The topological polar surface area (TPSA) is 13.1 Å². The number of benzene rings is 1. The molecule has 1 heteroatoms. The molecule has 58 valence electrons. The number of para-hydroxylation sites is 1. The lowest BCUT2D eigenvalue weighted by Crippen LogP contribution is -1.57. The third kappa shape index (κ3) is 1.61. The summed E-state index contributed by atoms with van der Waals surface area (Å²) in [6, 6.07) is 9.90. The molecule has 2 aromatic rings. The van der Waals surface area contributed by atoms with Crippen molar-refractivity contribution in [1.29, 1.82) is 0 Å². The second kappa shape index (κ2) is 3.81. The van der Waals surface area contributed by atoms with Crippen molar-refractivity contribution in [3.8, 4) is 0 Å². The molecule has 11 heavy (non-hydrogen) atoms. The van der Waals surface area contributed by atoms with Crippen molar-refractivity contribution in [2.75, 3.05) is 0 Å². The summed E-state index contributed by atoms with van der Waals surface area (Å²) < 4.78 is 5.12. The van der Waals surface area contributed by atoms with Crippen molar-refractivity contribution in [3.05, 3.63) is 36.6 Å². The van der Waals surface area contributed by atoms with Crippen LogP contribution in [0.25, 0.3) is 11.0 Å². The van der Waals surface area contributed by atoms with Crippen LogP contribution in [0.4, 0.5) is 0 Å². The predicted molar refractivity (Wildman–Crippen MR) is 47.6 cm³/mol. The molecular weight excluding hydrogens is 136 g/mol. The van der Waals surface area contributed by atoms with E-state index >= 15 is 0 Å². The molecule has 0 N–H and O–H groups in total. The van der Waals surface area contributed by atoms with Gasteiger partial charge in [0.15, 0.2) is 0 Å². The molecule has 0 radical (unpaired) electrons. The van der Waals surface area contributed by atoms with Gasteiger partial charge < -0.3 is 4.42 Å². The lowest BCUT2D eigenvalue weighted by molar-refractivity contribution is 0.616. The quantitative estimate of drug-likeness (QED) is 0.557. The fourth-order valence-electron chi connectivity index (χ4n) is 0.906. The minimum absolute atomic E-state index is 0.956. The summed E-state index contributed by atoms with van der Waals surface area (Å²) in [5.41, 5.74) is 0.956. The van der Waals surface area contributed by atoms with Gasteiger partial charge in [0.2, 0.25) is 0 Å². The van der Waals surface area contributed by atoms with Gasteiger partial charge in [0, 0.05) is 5.39 Å². The molecule has 0 aliphatic rings. The first-order chi connectivity index (χ1) is 5.47. The molecule has 0 amide bonds. The highest BCUT2D eigenvalue weighted by Gasteiger charge is 1.89. The molecule has 0 fully saturated rings. The molecule has 0 bridgehead atoms. The van der Waals surface area contributed by atoms with Crippen LogP contribution >= 0.6 is 0 Å². The number of fused-ring (bicyclic) bond motifs is 1. The second-order valence-corrected chi connectivity index (χ2v) is 1.96. The van der Waals surface area contributed by atoms with E-state index < -0.39 is 0 Å². The molecule has 0 unspecified atom stereocenters. The monoisotopic (exact) mass is 148 g/mol. The van der Waals surface area contributed by atoms with E-state index in [1.165, 1.54) is 0 Å². The predicted octanol–water partition coefficient (Wildman–Crippen LogP) is 3.46. The number of hydrogen-bond donors (Lipinski definition) is 0. The summed E-state index contributed by atoms with van der Waals surface area (Å²) in [6.45, 7) is 4.00. The minimum Gasteiger partial charge on any atom is -0.464 e. The summed E-state index contributed by atoms with van der Waals surface area (Å²) in [4.78, 5) is 0. The van der Waals surface area contributed by atoms with Crippen LogP contribution in [0, 0.1) is 0 Å². The largest absolute Gasteiger partial charge is 0.464 e. The van der Waals surface area contributed by atoms with Crippen LogP contribution in [0.1, 0.15) is 13.8 Å². The minimum atomic E-state index is 0.956. The van der Waals surface area contributed by atoms with Gasteiger partial charge in [-0.15, -0.1) is 0 Å². The zero-order chi connectivity index (χ0) is 8.10. The lowest BCUT2D eigenvalue weighted by Gasteiger charge is -1.81. The normalized spacial score (nSPS) is 8.91. The highest BCUT2D eigenvalue weighted by atomic mass is 16.3. The van der Waals surface area contributed by atoms with Gasteiger partial charge in [0.25, 0.3) is 0 Å². The van der Waals surface area contributed by atoms with Gasteiger partial charge in [0.1, 0.15) is 5.58 Å². The van der Waals surface area contributed by atoms with Crippen molar-refractivity contribution in [2.45, 2.75) is 13.8 Å². The number of furan rings is 1. The first kappa shape index (κ1) is 7.86. The molecule has 0 aliphatic carbocycles. The first-order valence-electron chi connectivity index (χ1n) is 3.89. The molecule has 1 aromatic carbocycles. The molecule has 1 aromatic heterocycles. The Hall–Kier alpha value is -1.24. The van der Waals surface area contributed by atoms with E-state index in [1.807, 2.05) is 44.2 Å². The van der Waals surface area contributed by atoms with Gasteiger partial charge in [-0.1, -0.05) is 32.0 Å². The van der Waals surface area contributed by atoms with Gasteiger partial charge >= 0.3 is 0 Å². The Balaban J connectivity index is 0.000000281. The Morgan fingerprint density at radius 2 is 1.73 bits per heavy atom. The Kier molecular flexibility index (Phi) is 2.73. The maximum atomic E-state index is 5.12. The van der Waals surface area contributed by atoms with Crippen LogP contribution in [-0.2, 0) is 0 Å². The molecule has 1 heterocycles. The Morgan fingerprint density at radius 3 is 2.45 bits per heavy atom. The smallest absolute Gasteiger partial charge is 0.133 e. The molecule has 0 atom stereocenters. The van der Waals surface area contributed by atoms with Crippen LogP contribution < -0.4 is 0 Å². The summed E-state index contributed by atoms with van der Waals surface area (Å²) >= 11 is 0. The van der Waals surface area contributed by atoms with Gasteiger partial charge in [0.05, 0.1) is 6.26 Å². The molecule has 0 saturated carbocycles. The van der Waals surface area contributed by atoms with E-state index in [1.54, 1.807) is 6.26 Å². The van der Waals surface area contributed by atoms with Gasteiger partial charge in [-0.05, 0) is 12.1 Å². The number of rotatable bonds is 0. The van der Waals surface area contributed by atoms with E-state index in [0.29, 0.717) is 0 Å². The van der Waals surface area contributed by atoms with Crippen molar-refractivity contribution >= 4 is 11.0 Å². The van der Waals surface area contributed by atoms with Gasteiger partial charge in [-0.25, -0.2) is 0 Å². The Morgan fingerprint density at radius 1 is 1.00 bits per heavy atom. The first-order valence-corrected chi connectivity index (χ1v) is 3.89. The Bertz CT molecular complexity index is 279. The number of hydrogen-bond acceptors (Lipinski definition) is 1. The van der Waals surface area contributed by atoms with Crippen molar-refractivity contribution in [3.63, 3.8) is 0 Å². The zero-order valence-electron chi connectivity index (χ0n) is 6.87. The average molecular weight is 148 g/mol. The maximum Gasteiger partial charge on any atom is 0.133 e. The van der Waals surface area contributed by atoms with Gasteiger partial charge in [-0.3, -0.25) is 0 Å².